The van der Waals surface area contributed by atoms with Crippen molar-refractivity contribution in [2.75, 3.05) is 0 Å². The zero-order valence-electron chi connectivity index (χ0n) is 21.1. The SMILES string of the molecule is Cc1ccccc1-c1cccnc1[C@@H](Cc1ccccc1)NC(=O)Cn1nc(C(F)(F)F)c2c1CCCC2. The summed E-state index contributed by atoms with van der Waals surface area (Å²) in [4.78, 5) is 18.0. The lowest BCUT2D eigenvalue weighted by atomic mass is 9.93. The number of aryl methyl sites for hydroxylation is 1. The van der Waals surface area contributed by atoms with Gasteiger partial charge in [0.15, 0.2) is 5.69 Å². The predicted molar refractivity (Wildman–Crippen MR) is 139 cm³/mol. The second kappa shape index (κ2) is 10.8. The maximum absolute atomic E-state index is 13.7. The third-order valence-electron chi connectivity index (χ3n) is 7.04. The van der Waals surface area contributed by atoms with Crippen molar-refractivity contribution < 1.29 is 18.0 Å². The van der Waals surface area contributed by atoms with E-state index in [4.69, 9.17) is 0 Å². The summed E-state index contributed by atoms with van der Waals surface area (Å²) in [7, 11) is 0. The zero-order chi connectivity index (χ0) is 26.7. The first kappa shape index (κ1) is 25.7. The molecule has 1 aliphatic rings. The molecule has 0 radical (unpaired) electrons. The van der Waals surface area contributed by atoms with E-state index in [0.717, 1.165) is 28.7 Å². The summed E-state index contributed by atoms with van der Waals surface area (Å²) in [5.74, 6) is -0.406. The maximum atomic E-state index is 13.7. The molecule has 1 aliphatic carbocycles. The van der Waals surface area contributed by atoms with Gasteiger partial charge in [0.2, 0.25) is 5.91 Å². The summed E-state index contributed by atoms with van der Waals surface area (Å²) < 4.78 is 42.2. The molecule has 1 amide bonds. The van der Waals surface area contributed by atoms with Crippen LogP contribution >= 0.6 is 0 Å². The van der Waals surface area contributed by atoms with Crippen molar-refractivity contribution in [3.63, 3.8) is 0 Å². The van der Waals surface area contributed by atoms with E-state index in [1.165, 1.54) is 4.68 Å². The number of aromatic nitrogens is 3. The van der Waals surface area contributed by atoms with Crippen molar-refractivity contribution in [2.45, 2.75) is 57.8 Å². The Kier molecular flexibility index (Phi) is 7.31. The minimum atomic E-state index is -4.55. The van der Waals surface area contributed by atoms with E-state index in [9.17, 15) is 18.0 Å². The average Bonchev–Trinajstić information content (AvgIpc) is 3.28. The molecule has 4 aromatic rings. The van der Waals surface area contributed by atoms with Gasteiger partial charge in [-0.3, -0.25) is 14.5 Å². The Bertz CT molecular complexity index is 1430. The Morgan fingerprint density at radius 3 is 2.45 bits per heavy atom. The number of fused-ring (bicyclic) bond motifs is 1. The zero-order valence-corrected chi connectivity index (χ0v) is 21.1. The van der Waals surface area contributed by atoms with E-state index in [2.05, 4.69) is 15.4 Å². The lowest BCUT2D eigenvalue weighted by Gasteiger charge is -2.22. The van der Waals surface area contributed by atoms with Crippen molar-refractivity contribution in [3.8, 4) is 11.1 Å². The summed E-state index contributed by atoms with van der Waals surface area (Å²) in [6, 6.07) is 21.1. The minimum absolute atomic E-state index is 0.226. The number of alkyl halides is 3. The number of carbonyl (C=O) groups is 1. The molecule has 0 bridgehead atoms. The van der Waals surface area contributed by atoms with Gasteiger partial charge in [-0.1, -0.05) is 60.7 Å². The second-order valence-corrected chi connectivity index (χ2v) is 9.70. The summed E-state index contributed by atoms with van der Waals surface area (Å²) in [5, 5.41) is 6.93. The van der Waals surface area contributed by atoms with E-state index in [1.807, 2.05) is 73.7 Å². The van der Waals surface area contributed by atoms with Crippen LogP contribution < -0.4 is 5.32 Å². The molecule has 0 spiro atoms. The number of hydrogen-bond donors (Lipinski definition) is 1. The predicted octanol–water partition coefficient (Wildman–Crippen LogP) is 6.25. The molecule has 196 valence electrons. The van der Waals surface area contributed by atoms with Crippen LogP contribution in [-0.2, 0) is 36.8 Å². The van der Waals surface area contributed by atoms with Gasteiger partial charge in [-0.25, -0.2) is 0 Å². The highest BCUT2D eigenvalue weighted by Gasteiger charge is 2.39. The van der Waals surface area contributed by atoms with Crippen molar-refractivity contribution in [3.05, 3.63) is 107 Å². The Morgan fingerprint density at radius 2 is 1.68 bits per heavy atom. The van der Waals surface area contributed by atoms with E-state index in [0.29, 0.717) is 37.1 Å². The van der Waals surface area contributed by atoms with Crippen molar-refractivity contribution in [2.24, 2.45) is 0 Å². The van der Waals surface area contributed by atoms with Crippen molar-refractivity contribution in [1.29, 1.82) is 0 Å². The lowest BCUT2D eigenvalue weighted by molar-refractivity contribution is -0.142. The van der Waals surface area contributed by atoms with Gasteiger partial charge in [0.1, 0.15) is 6.54 Å². The largest absolute Gasteiger partial charge is 0.435 e. The molecule has 2 aromatic carbocycles. The Morgan fingerprint density at radius 1 is 0.974 bits per heavy atom. The molecule has 2 heterocycles. The molecule has 0 fully saturated rings. The summed E-state index contributed by atoms with van der Waals surface area (Å²) in [6.07, 6.45) is -0.0902. The fourth-order valence-electron chi connectivity index (χ4n) is 5.27. The van der Waals surface area contributed by atoms with Crippen LogP contribution in [0.15, 0.2) is 72.9 Å². The molecule has 0 aliphatic heterocycles. The van der Waals surface area contributed by atoms with E-state index in [1.54, 1.807) is 6.20 Å². The Balaban J connectivity index is 1.48. The molecule has 38 heavy (non-hydrogen) atoms. The number of benzene rings is 2. The van der Waals surface area contributed by atoms with Gasteiger partial charge in [0.05, 0.1) is 11.7 Å². The highest BCUT2D eigenvalue weighted by atomic mass is 19.4. The van der Waals surface area contributed by atoms with Crippen LogP contribution in [0.5, 0.6) is 0 Å². The first-order valence-electron chi connectivity index (χ1n) is 12.8. The molecule has 0 saturated carbocycles. The standard InChI is InChI=1S/C30H29F3N4O/c1-20-10-5-6-13-22(20)23-15-9-17-34-28(23)25(18-21-11-3-2-4-12-21)35-27(38)19-37-26-16-8-7-14-24(26)29(36-37)30(31,32)33/h2-6,9-13,15,17,25H,7-8,14,16,18-19H2,1H3,(H,35,38)/t25-/m1/s1. The fourth-order valence-corrected chi connectivity index (χ4v) is 5.27. The number of rotatable bonds is 7. The number of halogens is 3. The summed E-state index contributed by atoms with van der Waals surface area (Å²) in [5.41, 5.74) is 4.58. The van der Waals surface area contributed by atoms with Crippen LogP contribution in [0, 0.1) is 6.92 Å². The molecule has 0 unspecified atom stereocenters. The van der Waals surface area contributed by atoms with Gasteiger partial charge in [-0.15, -0.1) is 0 Å². The normalized spacial score (nSPS) is 14.1. The van der Waals surface area contributed by atoms with Crippen LogP contribution in [-0.4, -0.2) is 20.7 Å². The first-order valence-corrected chi connectivity index (χ1v) is 12.8. The molecule has 5 rings (SSSR count). The van der Waals surface area contributed by atoms with Gasteiger partial charge in [-0.2, -0.15) is 18.3 Å². The smallest absolute Gasteiger partial charge is 0.346 e. The van der Waals surface area contributed by atoms with Gasteiger partial charge in [0.25, 0.3) is 0 Å². The summed E-state index contributed by atoms with van der Waals surface area (Å²) in [6.45, 7) is 1.74. The Hall–Kier alpha value is -3.94. The quantitative estimate of drug-likeness (QED) is 0.315. The van der Waals surface area contributed by atoms with Crippen LogP contribution in [0.2, 0.25) is 0 Å². The molecule has 0 saturated heterocycles. The number of pyridine rings is 1. The van der Waals surface area contributed by atoms with Crippen LogP contribution in [0.25, 0.3) is 11.1 Å². The molecule has 5 nitrogen and oxygen atoms in total. The number of carbonyl (C=O) groups excluding carboxylic acids is 1. The first-order chi connectivity index (χ1) is 18.3. The van der Waals surface area contributed by atoms with Gasteiger partial charge in [0, 0.05) is 23.0 Å². The van der Waals surface area contributed by atoms with Gasteiger partial charge < -0.3 is 5.32 Å². The number of nitrogens with one attached hydrogen (secondary N) is 1. The third kappa shape index (κ3) is 5.49. The topological polar surface area (TPSA) is 59.8 Å². The summed E-state index contributed by atoms with van der Waals surface area (Å²) >= 11 is 0. The third-order valence-corrected chi connectivity index (χ3v) is 7.04. The van der Waals surface area contributed by atoms with Crippen LogP contribution in [0.4, 0.5) is 13.2 Å². The average molecular weight is 519 g/mol. The maximum Gasteiger partial charge on any atom is 0.435 e. The van der Waals surface area contributed by atoms with E-state index in [-0.39, 0.29) is 12.1 Å². The van der Waals surface area contributed by atoms with Gasteiger partial charge in [-0.05, 0) is 61.8 Å². The number of hydrogen-bond acceptors (Lipinski definition) is 3. The second-order valence-electron chi connectivity index (χ2n) is 9.70. The molecule has 8 heteroatoms. The molecule has 2 aromatic heterocycles. The lowest BCUT2D eigenvalue weighted by Crippen LogP contribution is -2.34. The molecule has 1 atom stereocenters. The minimum Gasteiger partial charge on any atom is -0.346 e. The highest BCUT2D eigenvalue weighted by Crippen LogP contribution is 2.36. The molecule has 1 N–H and O–H groups in total. The molecular weight excluding hydrogens is 489 g/mol. The van der Waals surface area contributed by atoms with Crippen LogP contribution in [0.3, 0.4) is 0 Å². The monoisotopic (exact) mass is 518 g/mol. The highest BCUT2D eigenvalue weighted by molar-refractivity contribution is 5.77. The van der Waals surface area contributed by atoms with Crippen LogP contribution in [0.1, 0.15) is 52.7 Å². The van der Waals surface area contributed by atoms with Crippen molar-refractivity contribution in [1.82, 2.24) is 20.1 Å². The fraction of sp³-hybridized carbons (Fsp3) is 0.300. The van der Waals surface area contributed by atoms with E-state index < -0.39 is 23.8 Å². The molecular formula is C30H29F3N4O. The van der Waals surface area contributed by atoms with Gasteiger partial charge >= 0.3 is 6.18 Å². The number of nitrogens with zero attached hydrogens (tertiary/aromatic N) is 3. The van der Waals surface area contributed by atoms with Crippen molar-refractivity contribution >= 4 is 5.91 Å². The van der Waals surface area contributed by atoms with E-state index >= 15 is 0 Å². The number of amides is 1. The Labute approximate surface area is 219 Å².